The van der Waals surface area contributed by atoms with Crippen LogP contribution in [-0.2, 0) is 20.9 Å². The van der Waals surface area contributed by atoms with Gasteiger partial charge in [0.15, 0.2) is 0 Å². The Morgan fingerprint density at radius 1 is 1.03 bits per heavy atom. The molecule has 0 saturated heterocycles. The minimum atomic E-state index is -0.688. The van der Waals surface area contributed by atoms with E-state index in [0.717, 1.165) is 54.5 Å². The van der Waals surface area contributed by atoms with Crippen LogP contribution in [0.25, 0.3) is 0 Å². The number of amides is 2. The molecule has 210 valence electrons. The van der Waals surface area contributed by atoms with Gasteiger partial charge in [0.1, 0.15) is 0 Å². The molecule has 0 spiro atoms. The van der Waals surface area contributed by atoms with E-state index >= 15 is 0 Å². The lowest BCUT2D eigenvalue weighted by Crippen LogP contribution is -2.33. The summed E-state index contributed by atoms with van der Waals surface area (Å²) in [5.74, 6) is -0.852. The second-order valence-electron chi connectivity index (χ2n) is 10.8. The number of carboxylic acids is 1. The molecule has 1 fully saturated rings. The van der Waals surface area contributed by atoms with Gasteiger partial charge >= 0.3 is 5.97 Å². The lowest BCUT2D eigenvalue weighted by atomic mass is 9.84. The lowest BCUT2D eigenvalue weighted by Gasteiger charge is -2.24. The van der Waals surface area contributed by atoms with Crippen LogP contribution >= 0.6 is 0 Å². The van der Waals surface area contributed by atoms with Crippen LogP contribution < -0.4 is 5.32 Å². The minimum absolute atomic E-state index is 0.00217. The molecule has 0 heterocycles. The molecule has 0 bridgehead atoms. The van der Waals surface area contributed by atoms with Gasteiger partial charge in [-0.3, -0.25) is 14.4 Å². The normalized spacial score (nSPS) is 15.7. The quantitative estimate of drug-likeness (QED) is 0.163. The molecule has 39 heavy (non-hydrogen) atoms. The van der Waals surface area contributed by atoms with Gasteiger partial charge in [-0.05, 0) is 55.2 Å². The monoisotopic (exact) mass is 533 g/mol. The number of rotatable bonds is 15. The van der Waals surface area contributed by atoms with Crippen LogP contribution in [0.1, 0.15) is 95.2 Å². The highest BCUT2D eigenvalue weighted by atomic mass is 16.4. The third-order valence-corrected chi connectivity index (χ3v) is 7.91. The highest BCUT2D eigenvalue weighted by Crippen LogP contribution is 2.50. The van der Waals surface area contributed by atoms with E-state index in [1.54, 1.807) is 0 Å². The summed E-state index contributed by atoms with van der Waals surface area (Å²) in [6, 6.07) is 17.7. The molecule has 1 saturated carbocycles. The van der Waals surface area contributed by atoms with Crippen LogP contribution in [-0.4, -0.2) is 40.2 Å². The Balaban J connectivity index is 1.63. The van der Waals surface area contributed by atoms with Gasteiger partial charge in [-0.2, -0.15) is 5.10 Å². The SMILES string of the molecule is CCC(=O)N(Cc1ccc(C(C(=O)NCCCCC2(C(=O)O)CC2)C(C)CC)cc1)/N=C(\C)c1ccccc1. The maximum atomic E-state index is 13.2. The summed E-state index contributed by atoms with van der Waals surface area (Å²) in [5.41, 5.74) is 3.14. The molecule has 2 atom stereocenters. The molecule has 1 aliphatic carbocycles. The predicted octanol–water partition coefficient (Wildman–Crippen LogP) is 6.13. The molecule has 0 radical (unpaired) electrons. The van der Waals surface area contributed by atoms with Gasteiger partial charge in [-0.25, -0.2) is 5.01 Å². The second-order valence-corrected chi connectivity index (χ2v) is 10.8. The van der Waals surface area contributed by atoms with E-state index in [1.807, 2.05) is 68.4 Å². The highest BCUT2D eigenvalue weighted by molar-refractivity contribution is 5.99. The van der Waals surface area contributed by atoms with Crippen molar-refractivity contribution in [3.63, 3.8) is 0 Å². The first-order valence-electron chi connectivity index (χ1n) is 14.2. The summed E-state index contributed by atoms with van der Waals surface area (Å²) in [5, 5.41) is 18.6. The van der Waals surface area contributed by atoms with E-state index in [2.05, 4.69) is 24.3 Å². The number of aliphatic carboxylic acids is 1. The van der Waals surface area contributed by atoms with Crippen molar-refractivity contribution >= 4 is 23.5 Å². The maximum absolute atomic E-state index is 13.2. The third kappa shape index (κ3) is 8.25. The van der Waals surface area contributed by atoms with E-state index in [0.29, 0.717) is 25.9 Å². The second kappa shape index (κ2) is 14.1. The number of hydrogen-bond donors (Lipinski definition) is 2. The fourth-order valence-electron chi connectivity index (χ4n) is 4.89. The maximum Gasteiger partial charge on any atom is 0.309 e. The van der Waals surface area contributed by atoms with Crippen molar-refractivity contribution in [3.05, 3.63) is 71.3 Å². The molecule has 2 aromatic rings. The average Bonchev–Trinajstić information content (AvgIpc) is 3.74. The largest absolute Gasteiger partial charge is 0.481 e. The standard InChI is InChI=1S/C32H43N3O4/c1-5-23(3)29(30(37)33-21-11-10-18-32(19-20-32)31(38)39)27-16-14-25(15-17-27)22-35(28(36)6-2)34-24(4)26-12-8-7-9-13-26/h7-9,12-17,23,29H,5-6,10-11,18-22H2,1-4H3,(H,33,37)(H,38,39)/b34-24+. The number of hydrogen-bond acceptors (Lipinski definition) is 4. The first-order chi connectivity index (χ1) is 18.7. The summed E-state index contributed by atoms with van der Waals surface area (Å²) in [6.45, 7) is 8.81. The molecule has 2 aromatic carbocycles. The van der Waals surface area contributed by atoms with Crippen LogP contribution in [0.3, 0.4) is 0 Å². The van der Waals surface area contributed by atoms with Crippen LogP contribution in [0.2, 0.25) is 0 Å². The molecule has 0 aromatic heterocycles. The molecule has 2 amide bonds. The van der Waals surface area contributed by atoms with Crippen LogP contribution in [0.5, 0.6) is 0 Å². The number of carbonyl (C=O) groups excluding carboxylic acids is 2. The van der Waals surface area contributed by atoms with Crippen LogP contribution in [0.15, 0.2) is 59.7 Å². The molecule has 3 rings (SSSR count). The predicted molar refractivity (Wildman–Crippen MR) is 154 cm³/mol. The van der Waals surface area contributed by atoms with Crippen molar-refractivity contribution in [2.45, 2.75) is 85.1 Å². The van der Waals surface area contributed by atoms with Gasteiger partial charge in [0.25, 0.3) is 0 Å². The van der Waals surface area contributed by atoms with Crippen molar-refractivity contribution in [3.8, 4) is 0 Å². The fraction of sp³-hybridized carbons (Fsp3) is 0.500. The van der Waals surface area contributed by atoms with Gasteiger partial charge in [0.2, 0.25) is 11.8 Å². The van der Waals surface area contributed by atoms with E-state index in [-0.39, 0.29) is 23.7 Å². The Kier molecular flexibility index (Phi) is 10.8. The third-order valence-electron chi connectivity index (χ3n) is 7.91. The first-order valence-corrected chi connectivity index (χ1v) is 14.2. The molecule has 7 nitrogen and oxygen atoms in total. The molecule has 0 aliphatic heterocycles. The van der Waals surface area contributed by atoms with E-state index in [9.17, 15) is 19.5 Å². The van der Waals surface area contributed by atoms with Crippen molar-refractivity contribution in [2.75, 3.05) is 6.54 Å². The van der Waals surface area contributed by atoms with Crippen LogP contribution in [0, 0.1) is 11.3 Å². The molecule has 7 heteroatoms. The van der Waals surface area contributed by atoms with E-state index in [1.165, 1.54) is 5.01 Å². The van der Waals surface area contributed by atoms with Crippen molar-refractivity contribution in [2.24, 2.45) is 16.4 Å². The number of benzene rings is 2. The number of nitrogens with zero attached hydrogens (tertiary/aromatic N) is 2. The smallest absolute Gasteiger partial charge is 0.309 e. The van der Waals surface area contributed by atoms with Crippen molar-refractivity contribution in [1.29, 1.82) is 0 Å². The molecular formula is C32H43N3O4. The number of unbranched alkanes of at least 4 members (excludes halogenated alkanes) is 1. The molecule has 1 aliphatic rings. The van der Waals surface area contributed by atoms with E-state index in [4.69, 9.17) is 0 Å². The van der Waals surface area contributed by atoms with Crippen LogP contribution in [0.4, 0.5) is 0 Å². The van der Waals surface area contributed by atoms with Gasteiger partial charge < -0.3 is 10.4 Å². The van der Waals surface area contributed by atoms with Gasteiger partial charge in [-0.1, -0.05) is 88.2 Å². The van der Waals surface area contributed by atoms with Gasteiger partial charge in [0.05, 0.1) is 23.6 Å². The van der Waals surface area contributed by atoms with Gasteiger partial charge in [0, 0.05) is 13.0 Å². The Hall–Kier alpha value is -3.48. The number of hydrazone groups is 1. The Morgan fingerprint density at radius 3 is 2.26 bits per heavy atom. The zero-order chi connectivity index (χ0) is 28.4. The van der Waals surface area contributed by atoms with Gasteiger partial charge in [-0.15, -0.1) is 0 Å². The zero-order valence-corrected chi connectivity index (χ0v) is 23.8. The topological polar surface area (TPSA) is 99.1 Å². The molecule has 2 N–H and O–H groups in total. The van der Waals surface area contributed by atoms with Crippen molar-refractivity contribution in [1.82, 2.24) is 10.3 Å². The molecule has 2 unspecified atom stereocenters. The number of nitrogens with one attached hydrogen (secondary N) is 1. The Morgan fingerprint density at radius 2 is 1.69 bits per heavy atom. The summed E-state index contributed by atoms with van der Waals surface area (Å²) in [7, 11) is 0. The number of carboxylic acid groups (broad SMARTS) is 1. The summed E-state index contributed by atoms with van der Waals surface area (Å²) < 4.78 is 0. The Labute approximate surface area is 232 Å². The van der Waals surface area contributed by atoms with Crippen molar-refractivity contribution < 1.29 is 19.5 Å². The summed E-state index contributed by atoms with van der Waals surface area (Å²) >= 11 is 0. The highest BCUT2D eigenvalue weighted by Gasteiger charge is 2.49. The zero-order valence-electron chi connectivity index (χ0n) is 23.8. The minimum Gasteiger partial charge on any atom is -0.481 e. The fourth-order valence-corrected chi connectivity index (χ4v) is 4.89. The number of carbonyl (C=O) groups is 3. The summed E-state index contributed by atoms with van der Waals surface area (Å²) in [6.07, 6.45) is 5.02. The van der Waals surface area contributed by atoms with E-state index < -0.39 is 11.4 Å². The summed E-state index contributed by atoms with van der Waals surface area (Å²) in [4.78, 5) is 37.2. The molecular weight excluding hydrogens is 490 g/mol. The first kappa shape index (κ1) is 30.1. The Bertz CT molecular complexity index is 1140. The lowest BCUT2D eigenvalue weighted by molar-refractivity contribution is -0.143. The average molecular weight is 534 g/mol.